The van der Waals surface area contributed by atoms with Crippen LogP contribution in [0.3, 0.4) is 0 Å². The predicted octanol–water partition coefficient (Wildman–Crippen LogP) is 2.75. The molecule has 98 valence electrons. The van der Waals surface area contributed by atoms with E-state index in [0.717, 1.165) is 12.1 Å². The van der Waals surface area contributed by atoms with Crippen LogP contribution in [0, 0.1) is 6.92 Å². The Hall–Kier alpha value is -1.64. The molecule has 0 bridgehead atoms. The number of carbonyl (C=O) groups excluding carboxylic acids is 1. The van der Waals surface area contributed by atoms with Gasteiger partial charge in [-0.05, 0) is 38.5 Å². The lowest BCUT2D eigenvalue weighted by molar-refractivity contribution is -0.130. The summed E-state index contributed by atoms with van der Waals surface area (Å²) >= 11 is 0. The monoisotopic (exact) mass is 246 g/mol. The minimum atomic E-state index is 0.147. The minimum Gasteiger partial charge on any atom is -0.342 e. The Balaban J connectivity index is 2.59. The highest BCUT2D eigenvalue weighted by Gasteiger charge is 2.15. The van der Waals surface area contributed by atoms with E-state index in [1.165, 1.54) is 5.56 Å². The van der Waals surface area contributed by atoms with E-state index >= 15 is 0 Å². The molecule has 0 N–H and O–H groups in total. The first-order valence-electron chi connectivity index (χ1n) is 6.33. The van der Waals surface area contributed by atoms with E-state index in [2.05, 4.69) is 24.9 Å². The highest BCUT2D eigenvalue weighted by atomic mass is 16.2. The number of aromatic nitrogens is 1. The van der Waals surface area contributed by atoms with Crippen LogP contribution in [0.1, 0.15) is 31.5 Å². The van der Waals surface area contributed by atoms with Crippen molar-refractivity contribution in [1.82, 2.24) is 9.88 Å². The van der Waals surface area contributed by atoms with Gasteiger partial charge in [-0.25, -0.2) is 0 Å². The molecule has 0 saturated carbocycles. The summed E-state index contributed by atoms with van der Waals surface area (Å²) in [6.45, 7) is 6.03. The van der Waals surface area contributed by atoms with Crippen molar-refractivity contribution in [3.63, 3.8) is 0 Å². The molecule has 0 radical (unpaired) electrons. The van der Waals surface area contributed by atoms with Crippen molar-refractivity contribution in [3.8, 4) is 0 Å². The van der Waals surface area contributed by atoms with Crippen molar-refractivity contribution in [1.29, 1.82) is 0 Å². The van der Waals surface area contributed by atoms with Crippen molar-refractivity contribution < 1.29 is 4.79 Å². The van der Waals surface area contributed by atoms with E-state index in [-0.39, 0.29) is 11.9 Å². The molecule has 1 heterocycles. The van der Waals surface area contributed by atoms with Crippen LogP contribution in [0.4, 0.5) is 0 Å². The van der Waals surface area contributed by atoms with Gasteiger partial charge in [0.2, 0.25) is 5.91 Å². The predicted molar refractivity (Wildman–Crippen MR) is 74.3 cm³/mol. The van der Waals surface area contributed by atoms with Gasteiger partial charge >= 0.3 is 0 Å². The Morgan fingerprint density at radius 1 is 1.56 bits per heavy atom. The summed E-state index contributed by atoms with van der Waals surface area (Å²) in [5.74, 6) is 0.147. The van der Waals surface area contributed by atoms with E-state index in [1.807, 2.05) is 38.4 Å². The van der Waals surface area contributed by atoms with Crippen molar-refractivity contribution in [2.75, 3.05) is 7.05 Å². The van der Waals surface area contributed by atoms with Gasteiger partial charge in [-0.3, -0.25) is 9.78 Å². The molecule has 1 atom stereocenters. The van der Waals surface area contributed by atoms with Crippen molar-refractivity contribution in [2.24, 2.45) is 0 Å². The standard InChI is InChI=1S/C15H22N2O/c1-5-6-7-15(18)17(4)13(3)11-14-10-12(2)8-9-16-14/h5-6,8-10,13H,7,11H2,1-4H3/b6-5+. The fourth-order valence-corrected chi connectivity index (χ4v) is 1.76. The molecule has 1 aromatic rings. The second kappa shape index (κ2) is 6.94. The number of carbonyl (C=O) groups is 1. The molecular formula is C15H22N2O. The molecule has 0 aliphatic heterocycles. The number of hydrogen-bond donors (Lipinski definition) is 0. The number of pyridine rings is 1. The van der Waals surface area contributed by atoms with Crippen LogP contribution < -0.4 is 0 Å². The summed E-state index contributed by atoms with van der Waals surface area (Å²) in [4.78, 5) is 18.0. The van der Waals surface area contributed by atoms with Crippen LogP contribution in [0.25, 0.3) is 0 Å². The molecule has 0 spiro atoms. The van der Waals surface area contributed by atoms with Crippen LogP contribution in [-0.4, -0.2) is 28.9 Å². The maximum Gasteiger partial charge on any atom is 0.226 e. The molecule has 3 nitrogen and oxygen atoms in total. The van der Waals surface area contributed by atoms with Gasteiger partial charge in [0.25, 0.3) is 0 Å². The normalized spacial score (nSPS) is 12.7. The Morgan fingerprint density at radius 2 is 2.28 bits per heavy atom. The first-order valence-corrected chi connectivity index (χ1v) is 6.33. The highest BCUT2D eigenvalue weighted by Crippen LogP contribution is 2.08. The molecule has 1 rings (SSSR count). The van der Waals surface area contributed by atoms with Gasteiger partial charge in [0.05, 0.1) is 0 Å². The van der Waals surface area contributed by atoms with Crippen LogP contribution in [0.5, 0.6) is 0 Å². The fourth-order valence-electron chi connectivity index (χ4n) is 1.76. The third-order valence-corrected chi connectivity index (χ3v) is 3.06. The van der Waals surface area contributed by atoms with Crippen molar-refractivity contribution >= 4 is 5.91 Å². The molecule has 1 unspecified atom stereocenters. The first-order chi connectivity index (χ1) is 8.54. The summed E-state index contributed by atoms with van der Waals surface area (Å²) in [6.07, 6.45) is 6.87. The molecule has 0 fully saturated rings. The van der Waals surface area contributed by atoms with Gasteiger partial charge in [-0.1, -0.05) is 12.2 Å². The average Bonchev–Trinajstić information content (AvgIpc) is 2.35. The number of hydrogen-bond acceptors (Lipinski definition) is 2. The Bertz CT molecular complexity index is 426. The summed E-state index contributed by atoms with van der Waals surface area (Å²) in [6, 6.07) is 4.22. The van der Waals surface area contributed by atoms with Crippen LogP contribution in [0.15, 0.2) is 30.5 Å². The molecule has 0 aliphatic rings. The number of allylic oxidation sites excluding steroid dienone is 1. The van der Waals surface area contributed by atoms with Crippen molar-refractivity contribution in [2.45, 2.75) is 39.7 Å². The van der Waals surface area contributed by atoms with Gasteiger partial charge in [0, 0.05) is 37.8 Å². The van der Waals surface area contributed by atoms with E-state index in [4.69, 9.17) is 0 Å². The highest BCUT2D eigenvalue weighted by molar-refractivity contribution is 5.77. The lowest BCUT2D eigenvalue weighted by Crippen LogP contribution is -2.36. The molecule has 0 saturated heterocycles. The van der Waals surface area contributed by atoms with Crippen LogP contribution in [0.2, 0.25) is 0 Å². The number of likely N-dealkylation sites (N-methyl/N-ethyl adjacent to an activating group) is 1. The Labute approximate surface area is 110 Å². The van der Waals surface area contributed by atoms with Gasteiger partial charge in [0.1, 0.15) is 0 Å². The van der Waals surface area contributed by atoms with Gasteiger partial charge in [0.15, 0.2) is 0 Å². The zero-order chi connectivity index (χ0) is 13.5. The van der Waals surface area contributed by atoms with Gasteiger partial charge in [-0.2, -0.15) is 0 Å². The molecular weight excluding hydrogens is 224 g/mol. The molecule has 3 heteroatoms. The third kappa shape index (κ3) is 4.32. The average molecular weight is 246 g/mol. The summed E-state index contributed by atoms with van der Waals surface area (Å²) in [5, 5.41) is 0. The second-order valence-electron chi connectivity index (χ2n) is 4.66. The Morgan fingerprint density at radius 3 is 2.89 bits per heavy atom. The fraction of sp³-hybridized carbons (Fsp3) is 0.467. The minimum absolute atomic E-state index is 0.147. The summed E-state index contributed by atoms with van der Waals surface area (Å²) in [5.41, 5.74) is 2.24. The van der Waals surface area contributed by atoms with E-state index in [9.17, 15) is 4.79 Å². The number of rotatable bonds is 5. The van der Waals surface area contributed by atoms with Crippen LogP contribution in [-0.2, 0) is 11.2 Å². The lowest BCUT2D eigenvalue weighted by Gasteiger charge is -2.24. The van der Waals surface area contributed by atoms with Gasteiger partial charge < -0.3 is 4.90 Å². The maximum absolute atomic E-state index is 11.9. The zero-order valence-electron chi connectivity index (χ0n) is 11.7. The molecule has 0 aliphatic carbocycles. The lowest BCUT2D eigenvalue weighted by atomic mass is 10.1. The summed E-state index contributed by atoms with van der Waals surface area (Å²) < 4.78 is 0. The van der Waals surface area contributed by atoms with E-state index < -0.39 is 0 Å². The molecule has 18 heavy (non-hydrogen) atoms. The molecule has 1 aromatic heterocycles. The number of aryl methyl sites for hydroxylation is 1. The number of nitrogens with zero attached hydrogens (tertiary/aromatic N) is 2. The number of amides is 1. The van der Waals surface area contributed by atoms with Crippen LogP contribution >= 0.6 is 0 Å². The Kier molecular flexibility index (Phi) is 5.56. The topological polar surface area (TPSA) is 33.2 Å². The third-order valence-electron chi connectivity index (χ3n) is 3.06. The molecule has 0 aromatic carbocycles. The maximum atomic E-state index is 11.9. The van der Waals surface area contributed by atoms with Crippen molar-refractivity contribution in [3.05, 3.63) is 41.7 Å². The quantitative estimate of drug-likeness (QED) is 0.748. The van der Waals surface area contributed by atoms with E-state index in [0.29, 0.717) is 6.42 Å². The summed E-state index contributed by atoms with van der Waals surface area (Å²) in [7, 11) is 1.85. The van der Waals surface area contributed by atoms with E-state index in [1.54, 1.807) is 4.90 Å². The smallest absolute Gasteiger partial charge is 0.226 e. The molecule has 1 amide bonds. The second-order valence-corrected chi connectivity index (χ2v) is 4.66. The first kappa shape index (κ1) is 14.4. The largest absolute Gasteiger partial charge is 0.342 e. The zero-order valence-corrected chi connectivity index (χ0v) is 11.7. The SMILES string of the molecule is C/C=C/CC(=O)N(C)C(C)Cc1cc(C)ccn1. The van der Waals surface area contributed by atoms with Gasteiger partial charge in [-0.15, -0.1) is 0 Å².